The Morgan fingerprint density at radius 2 is 1.29 bits per heavy atom. The Bertz CT molecular complexity index is 439. The van der Waals surface area contributed by atoms with Crippen LogP contribution in [0.25, 0.3) is 0 Å². The molecule has 0 unspecified atom stereocenters. The van der Waals surface area contributed by atoms with E-state index in [1.807, 2.05) is 60.7 Å². The molecule has 0 saturated heterocycles. The van der Waals surface area contributed by atoms with Gasteiger partial charge in [0, 0.05) is 6.42 Å². The van der Waals surface area contributed by atoms with Crippen molar-refractivity contribution in [2.24, 2.45) is 0 Å². The van der Waals surface area contributed by atoms with E-state index in [2.05, 4.69) is 0 Å². The van der Waals surface area contributed by atoms with Crippen molar-refractivity contribution in [2.45, 2.75) is 11.2 Å². The number of carbonyl (C=O) groups is 1. The summed E-state index contributed by atoms with van der Waals surface area (Å²) >= 11 is 4.75. The van der Waals surface area contributed by atoms with Gasteiger partial charge in [-0.15, -0.1) is 0 Å². The van der Waals surface area contributed by atoms with Crippen LogP contribution in [-0.2, 0) is 9.54 Å². The fourth-order valence-electron chi connectivity index (χ4n) is 1.95. The number of benzene rings is 2. The molecule has 0 aliphatic rings. The highest BCUT2D eigenvalue weighted by Gasteiger charge is 2.29. The second-order valence-electron chi connectivity index (χ2n) is 3.96. The fourth-order valence-corrected chi connectivity index (χ4v) is 2.32. The van der Waals surface area contributed by atoms with Crippen LogP contribution >= 0.6 is 12.6 Å². The summed E-state index contributed by atoms with van der Waals surface area (Å²) in [6, 6.07) is 19.8. The molecule has 0 fully saturated rings. The topological polar surface area (TPSA) is 17.1 Å². The van der Waals surface area contributed by atoms with Gasteiger partial charge in [0.05, 0.1) is 4.75 Å². The molecule has 86 valence electrons. The Morgan fingerprint density at radius 3 is 1.65 bits per heavy atom. The lowest BCUT2D eigenvalue weighted by Crippen LogP contribution is -2.21. The molecule has 2 aromatic carbocycles. The summed E-state index contributed by atoms with van der Waals surface area (Å²) in [7, 11) is 0. The molecule has 0 radical (unpaired) electrons. The van der Waals surface area contributed by atoms with E-state index in [1.54, 1.807) is 0 Å². The van der Waals surface area contributed by atoms with Crippen LogP contribution in [0.5, 0.6) is 0 Å². The summed E-state index contributed by atoms with van der Waals surface area (Å²) in [6.07, 6.45) is 1.29. The Balaban J connectivity index is 2.50. The van der Waals surface area contributed by atoms with Crippen molar-refractivity contribution in [3.05, 3.63) is 71.8 Å². The summed E-state index contributed by atoms with van der Waals surface area (Å²) in [4.78, 5) is 10.9. The summed E-state index contributed by atoms with van der Waals surface area (Å²) < 4.78 is -0.537. The molecule has 0 heterocycles. The van der Waals surface area contributed by atoms with Crippen molar-refractivity contribution in [3.8, 4) is 0 Å². The van der Waals surface area contributed by atoms with Gasteiger partial charge in [-0.2, -0.15) is 12.6 Å². The summed E-state index contributed by atoms with van der Waals surface area (Å²) in [6.45, 7) is 0. The second-order valence-corrected chi connectivity index (χ2v) is 4.73. The highest BCUT2D eigenvalue weighted by atomic mass is 32.1. The van der Waals surface area contributed by atoms with Crippen molar-refractivity contribution >= 4 is 18.9 Å². The van der Waals surface area contributed by atoms with E-state index in [9.17, 15) is 4.79 Å². The molecule has 0 bridgehead atoms. The number of carbonyl (C=O) groups excluding carboxylic acids is 1. The first-order valence-electron chi connectivity index (χ1n) is 5.54. The maximum atomic E-state index is 10.9. The Kier molecular flexibility index (Phi) is 3.64. The summed E-state index contributed by atoms with van der Waals surface area (Å²) in [5.41, 5.74) is 2.09. The molecule has 0 N–H and O–H groups in total. The van der Waals surface area contributed by atoms with Crippen LogP contribution in [0, 0.1) is 0 Å². The molecule has 0 aromatic heterocycles. The third-order valence-corrected chi connectivity index (χ3v) is 3.58. The number of thiol groups is 1. The standard InChI is InChI=1S/C15H14OS/c16-12-11-15(17,13-7-3-1-4-8-13)14-9-5-2-6-10-14/h1-10,12,17H,11H2. The Hall–Kier alpha value is -1.54. The number of hydrogen-bond donors (Lipinski definition) is 1. The predicted molar refractivity (Wildman–Crippen MR) is 73.3 cm³/mol. The van der Waals surface area contributed by atoms with E-state index in [4.69, 9.17) is 12.6 Å². The van der Waals surface area contributed by atoms with Gasteiger partial charge in [0.1, 0.15) is 6.29 Å². The van der Waals surface area contributed by atoms with E-state index >= 15 is 0 Å². The molecule has 0 saturated carbocycles. The summed E-state index contributed by atoms with van der Waals surface area (Å²) in [5.74, 6) is 0. The molecule has 2 rings (SSSR count). The zero-order valence-corrected chi connectivity index (χ0v) is 10.3. The third-order valence-electron chi connectivity index (χ3n) is 2.88. The molecule has 2 heteroatoms. The molecule has 0 aliphatic heterocycles. The highest BCUT2D eigenvalue weighted by Crippen LogP contribution is 2.38. The van der Waals surface area contributed by atoms with Crippen LogP contribution in [0.4, 0.5) is 0 Å². The van der Waals surface area contributed by atoms with Gasteiger partial charge in [0.15, 0.2) is 0 Å². The van der Waals surface area contributed by atoms with Crippen molar-refractivity contribution in [1.82, 2.24) is 0 Å². The lowest BCUT2D eigenvalue weighted by molar-refractivity contribution is -0.108. The van der Waals surface area contributed by atoms with E-state index < -0.39 is 4.75 Å². The number of rotatable bonds is 4. The lowest BCUT2D eigenvalue weighted by atomic mass is 9.88. The molecule has 0 spiro atoms. The van der Waals surface area contributed by atoms with Crippen LogP contribution in [0.3, 0.4) is 0 Å². The van der Waals surface area contributed by atoms with E-state index in [-0.39, 0.29) is 0 Å². The lowest BCUT2D eigenvalue weighted by Gasteiger charge is -2.27. The first-order chi connectivity index (χ1) is 8.27. The maximum Gasteiger partial charge on any atom is 0.122 e. The second kappa shape index (κ2) is 5.19. The van der Waals surface area contributed by atoms with Gasteiger partial charge in [-0.25, -0.2) is 0 Å². The van der Waals surface area contributed by atoms with Gasteiger partial charge >= 0.3 is 0 Å². The van der Waals surface area contributed by atoms with E-state index in [0.717, 1.165) is 17.4 Å². The zero-order valence-electron chi connectivity index (χ0n) is 9.41. The molecule has 0 aliphatic carbocycles. The third kappa shape index (κ3) is 2.42. The van der Waals surface area contributed by atoms with Gasteiger partial charge in [-0.05, 0) is 11.1 Å². The van der Waals surface area contributed by atoms with Gasteiger partial charge < -0.3 is 4.79 Å². The fraction of sp³-hybridized carbons (Fsp3) is 0.133. The van der Waals surface area contributed by atoms with Crippen molar-refractivity contribution in [3.63, 3.8) is 0 Å². The van der Waals surface area contributed by atoms with Gasteiger partial charge in [0.2, 0.25) is 0 Å². The average molecular weight is 242 g/mol. The minimum atomic E-state index is -0.537. The first kappa shape index (κ1) is 11.9. The highest BCUT2D eigenvalue weighted by molar-refractivity contribution is 7.81. The minimum absolute atomic E-state index is 0.365. The predicted octanol–water partition coefficient (Wildman–Crippen LogP) is 3.45. The van der Waals surface area contributed by atoms with Crippen LogP contribution < -0.4 is 0 Å². The van der Waals surface area contributed by atoms with Crippen molar-refractivity contribution in [1.29, 1.82) is 0 Å². The quantitative estimate of drug-likeness (QED) is 0.642. The molecule has 0 amide bonds. The van der Waals surface area contributed by atoms with Crippen LogP contribution in [-0.4, -0.2) is 6.29 Å². The minimum Gasteiger partial charge on any atom is -0.303 e. The average Bonchev–Trinajstić information content (AvgIpc) is 2.41. The molecule has 2 aromatic rings. The molecule has 0 atom stereocenters. The Morgan fingerprint density at radius 1 is 0.882 bits per heavy atom. The molecular weight excluding hydrogens is 228 g/mol. The van der Waals surface area contributed by atoms with Gasteiger partial charge in [-0.3, -0.25) is 0 Å². The van der Waals surface area contributed by atoms with Crippen LogP contribution in [0.15, 0.2) is 60.7 Å². The van der Waals surface area contributed by atoms with Gasteiger partial charge in [-0.1, -0.05) is 60.7 Å². The van der Waals surface area contributed by atoms with Crippen LogP contribution in [0.2, 0.25) is 0 Å². The normalized spacial score (nSPS) is 11.1. The number of aldehydes is 1. The van der Waals surface area contributed by atoms with E-state index in [1.165, 1.54) is 0 Å². The largest absolute Gasteiger partial charge is 0.303 e. The SMILES string of the molecule is O=CCC(S)(c1ccccc1)c1ccccc1. The van der Waals surface area contributed by atoms with Crippen molar-refractivity contribution < 1.29 is 4.79 Å². The van der Waals surface area contributed by atoms with E-state index in [0.29, 0.717) is 6.42 Å². The van der Waals surface area contributed by atoms with Crippen molar-refractivity contribution in [2.75, 3.05) is 0 Å². The molecular formula is C15H14OS. The smallest absolute Gasteiger partial charge is 0.122 e. The first-order valence-corrected chi connectivity index (χ1v) is 5.99. The Labute approximate surface area is 107 Å². The summed E-state index contributed by atoms with van der Waals surface area (Å²) in [5, 5.41) is 0. The molecule has 1 nitrogen and oxygen atoms in total. The number of hydrogen-bond acceptors (Lipinski definition) is 2. The van der Waals surface area contributed by atoms with Crippen LogP contribution in [0.1, 0.15) is 17.5 Å². The monoisotopic (exact) mass is 242 g/mol. The van der Waals surface area contributed by atoms with Gasteiger partial charge in [0.25, 0.3) is 0 Å². The molecule has 17 heavy (non-hydrogen) atoms. The maximum absolute atomic E-state index is 10.9. The zero-order chi connectivity index (χ0) is 12.1.